The lowest BCUT2D eigenvalue weighted by Crippen LogP contribution is -2.27. The van der Waals surface area contributed by atoms with Crippen LogP contribution < -0.4 is 5.32 Å². The topological polar surface area (TPSA) is 74.5 Å². The van der Waals surface area contributed by atoms with Gasteiger partial charge >= 0.3 is 0 Å². The van der Waals surface area contributed by atoms with E-state index in [0.717, 1.165) is 36.2 Å². The number of para-hydroxylation sites is 1. The molecule has 0 saturated heterocycles. The van der Waals surface area contributed by atoms with Crippen molar-refractivity contribution >= 4 is 22.6 Å². The number of carbonyl (C=O) groups is 1. The Morgan fingerprint density at radius 2 is 1.93 bits per heavy atom. The molecule has 1 N–H and O–H groups in total. The zero-order chi connectivity index (χ0) is 19.2. The quantitative estimate of drug-likeness (QED) is 0.617. The predicted octanol–water partition coefficient (Wildman–Crippen LogP) is 2.86. The van der Waals surface area contributed by atoms with Gasteiger partial charge in [-0.3, -0.25) is 4.79 Å². The van der Waals surface area contributed by atoms with Gasteiger partial charge in [0.15, 0.2) is 11.6 Å². The molecule has 0 unspecified atom stereocenters. The summed E-state index contributed by atoms with van der Waals surface area (Å²) < 4.78 is 5.18. The molecule has 1 amide bonds. The Balaban J connectivity index is 1.78. The summed E-state index contributed by atoms with van der Waals surface area (Å²) in [5.41, 5.74) is 0.858. The summed E-state index contributed by atoms with van der Waals surface area (Å²) in [5, 5.41) is 4.39. The summed E-state index contributed by atoms with van der Waals surface area (Å²) in [6.45, 7) is 2.12. The molecule has 27 heavy (non-hydrogen) atoms. The molecule has 2 aromatic heterocycles. The third kappa shape index (κ3) is 4.83. The standard InChI is InChI=1S/C20H25N5O2/c1-24(2)12-7-11-21-19-15-8-4-5-9-16(15)22-18(23-19)14-25(3)20(26)17-10-6-13-27-17/h4-6,8-10,13H,7,11-12,14H2,1-3H3,(H,21,22,23). The molecule has 0 bridgehead atoms. The first kappa shape index (κ1) is 18.8. The normalized spacial score (nSPS) is 11.1. The maximum absolute atomic E-state index is 12.4. The van der Waals surface area contributed by atoms with Crippen LogP contribution in [0.2, 0.25) is 0 Å². The Labute approximate surface area is 159 Å². The number of fused-ring (bicyclic) bond motifs is 1. The Morgan fingerprint density at radius 1 is 1.11 bits per heavy atom. The van der Waals surface area contributed by atoms with Crippen LogP contribution in [0.15, 0.2) is 47.1 Å². The van der Waals surface area contributed by atoms with E-state index >= 15 is 0 Å². The number of furan rings is 1. The largest absolute Gasteiger partial charge is 0.459 e. The van der Waals surface area contributed by atoms with Crippen molar-refractivity contribution in [1.29, 1.82) is 0 Å². The lowest BCUT2D eigenvalue weighted by Gasteiger charge is -2.17. The fourth-order valence-corrected chi connectivity index (χ4v) is 2.80. The number of amides is 1. The summed E-state index contributed by atoms with van der Waals surface area (Å²) in [4.78, 5) is 25.4. The molecule has 0 radical (unpaired) electrons. The summed E-state index contributed by atoms with van der Waals surface area (Å²) in [7, 11) is 5.84. The van der Waals surface area contributed by atoms with Crippen molar-refractivity contribution in [3.8, 4) is 0 Å². The first-order valence-electron chi connectivity index (χ1n) is 8.98. The molecule has 7 heteroatoms. The average molecular weight is 367 g/mol. The summed E-state index contributed by atoms with van der Waals surface area (Å²) >= 11 is 0. The summed E-state index contributed by atoms with van der Waals surface area (Å²) in [5.74, 6) is 1.50. The molecule has 142 valence electrons. The first-order chi connectivity index (χ1) is 13.0. The van der Waals surface area contributed by atoms with Crippen molar-refractivity contribution in [2.45, 2.75) is 13.0 Å². The van der Waals surface area contributed by atoms with Gasteiger partial charge in [-0.2, -0.15) is 0 Å². The van der Waals surface area contributed by atoms with E-state index in [4.69, 9.17) is 4.42 Å². The highest BCUT2D eigenvalue weighted by Crippen LogP contribution is 2.21. The number of anilines is 1. The second kappa shape index (κ2) is 8.64. The zero-order valence-electron chi connectivity index (χ0n) is 16.0. The molecule has 3 rings (SSSR count). The molecule has 1 aromatic carbocycles. The van der Waals surface area contributed by atoms with E-state index in [1.54, 1.807) is 24.1 Å². The van der Waals surface area contributed by atoms with Crippen LogP contribution in [0.1, 0.15) is 22.8 Å². The number of nitrogens with zero attached hydrogens (tertiary/aromatic N) is 4. The van der Waals surface area contributed by atoms with Crippen molar-refractivity contribution in [3.63, 3.8) is 0 Å². The van der Waals surface area contributed by atoms with Crippen LogP contribution in [-0.4, -0.2) is 59.9 Å². The van der Waals surface area contributed by atoms with Crippen LogP contribution in [0.25, 0.3) is 10.9 Å². The molecule has 0 spiro atoms. The van der Waals surface area contributed by atoms with Gasteiger partial charge in [0.2, 0.25) is 0 Å². The average Bonchev–Trinajstić information content (AvgIpc) is 3.19. The fraction of sp³-hybridized carbons (Fsp3) is 0.350. The molecule has 3 aromatic rings. The van der Waals surface area contributed by atoms with Gasteiger partial charge in [0.05, 0.1) is 18.3 Å². The van der Waals surface area contributed by atoms with Gasteiger partial charge in [0, 0.05) is 19.0 Å². The maximum atomic E-state index is 12.4. The van der Waals surface area contributed by atoms with Gasteiger partial charge in [-0.15, -0.1) is 0 Å². The fourth-order valence-electron chi connectivity index (χ4n) is 2.80. The molecule has 0 saturated carbocycles. The van der Waals surface area contributed by atoms with E-state index in [-0.39, 0.29) is 5.91 Å². The number of benzene rings is 1. The van der Waals surface area contributed by atoms with Gasteiger partial charge in [-0.1, -0.05) is 12.1 Å². The number of nitrogens with one attached hydrogen (secondary N) is 1. The number of carbonyl (C=O) groups excluding carboxylic acids is 1. The van der Waals surface area contributed by atoms with Crippen molar-refractivity contribution < 1.29 is 9.21 Å². The van der Waals surface area contributed by atoms with Crippen LogP contribution in [-0.2, 0) is 6.54 Å². The Morgan fingerprint density at radius 3 is 2.67 bits per heavy atom. The molecule has 0 aliphatic rings. The van der Waals surface area contributed by atoms with Gasteiger partial charge < -0.3 is 19.5 Å². The summed E-state index contributed by atoms with van der Waals surface area (Å²) in [6.07, 6.45) is 2.50. The van der Waals surface area contributed by atoms with Crippen LogP contribution in [0, 0.1) is 0 Å². The molecule has 2 heterocycles. The highest BCUT2D eigenvalue weighted by molar-refractivity contribution is 5.91. The van der Waals surface area contributed by atoms with E-state index < -0.39 is 0 Å². The SMILES string of the molecule is CN(C)CCCNc1nc(CN(C)C(=O)c2ccco2)nc2ccccc12. The molecule has 0 atom stereocenters. The smallest absolute Gasteiger partial charge is 0.289 e. The molecule has 0 aliphatic carbocycles. The van der Waals surface area contributed by atoms with E-state index in [9.17, 15) is 4.79 Å². The molecular formula is C20H25N5O2. The highest BCUT2D eigenvalue weighted by atomic mass is 16.3. The number of hydrogen-bond acceptors (Lipinski definition) is 6. The lowest BCUT2D eigenvalue weighted by molar-refractivity contribution is 0.0750. The van der Waals surface area contributed by atoms with Crippen LogP contribution in [0.3, 0.4) is 0 Å². The Hall–Kier alpha value is -2.93. The first-order valence-corrected chi connectivity index (χ1v) is 8.98. The minimum atomic E-state index is -0.197. The van der Waals surface area contributed by atoms with Crippen molar-refractivity contribution in [3.05, 3.63) is 54.2 Å². The number of hydrogen-bond donors (Lipinski definition) is 1. The Kier molecular flexibility index (Phi) is 6.03. The molecule has 7 nitrogen and oxygen atoms in total. The highest BCUT2D eigenvalue weighted by Gasteiger charge is 2.17. The van der Waals surface area contributed by atoms with Crippen molar-refractivity contribution in [2.24, 2.45) is 0 Å². The van der Waals surface area contributed by atoms with Gasteiger partial charge in [-0.25, -0.2) is 9.97 Å². The molecular weight excluding hydrogens is 342 g/mol. The van der Waals surface area contributed by atoms with Crippen LogP contribution in [0.4, 0.5) is 5.82 Å². The second-order valence-electron chi connectivity index (χ2n) is 6.73. The predicted molar refractivity (Wildman–Crippen MR) is 106 cm³/mol. The molecule has 0 aliphatic heterocycles. The lowest BCUT2D eigenvalue weighted by atomic mass is 10.2. The van der Waals surface area contributed by atoms with E-state index in [1.807, 2.05) is 24.3 Å². The molecule has 0 fully saturated rings. The van der Waals surface area contributed by atoms with E-state index in [0.29, 0.717) is 18.1 Å². The van der Waals surface area contributed by atoms with Crippen molar-refractivity contribution in [2.75, 3.05) is 39.5 Å². The minimum Gasteiger partial charge on any atom is -0.459 e. The monoisotopic (exact) mass is 367 g/mol. The zero-order valence-corrected chi connectivity index (χ0v) is 16.0. The second-order valence-corrected chi connectivity index (χ2v) is 6.73. The third-order valence-electron chi connectivity index (χ3n) is 4.18. The summed E-state index contributed by atoms with van der Waals surface area (Å²) in [6, 6.07) is 11.2. The van der Waals surface area contributed by atoms with Gasteiger partial charge in [-0.05, 0) is 51.3 Å². The van der Waals surface area contributed by atoms with Gasteiger partial charge in [0.1, 0.15) is 5.82 Å². The van der Waals surface area contributed by atoms with E-state index in [1.165, 1.54) is 6.26 Å². The van der Waals surface area contributed by atoms with Crippen molar-refractivity contribution in [1.82, 2.24) is 19.8 Å². The number of aromatic nitrogens is 2. The number of rotatable bonds is 8. The Bertz CT molecular complexity index is 893. The van der Waals surface area contributed by atoms with E-state index in [2.05, 4.69) is 34.3 Å². The minimum absolute atomic E-state index is 0.197. The maximum Gasteiger partial charge on any atom is 0.289 e. The third-order valence-corrected chi connectivity index (χ3v) is 4.18. The van der Waals surface area contributed by atoms with Crippen LogP contribution in [0.5, 0.6) is 0 Å². The van der Waals surface area contributed by atoms with Crippen LogP contribution >= 0.6 is 0 Å². The van der Waals surface area contributed by atoms with Gasteiger partial charge in [0.25, 0.3) is 5.91 Å².